The van der Waals surface area contributed by atoms with E-state index < -0.39 is 0 Å². The molecule has 0 saturated carbocycles. The van der Waals surface area contributed by atoms with Gasteiger partial charge in [-0.15, -0.1) is 0 Å². The van der Waals surface area contributed by atoms with Crippen LogP contribution in [0.3, 0.4) is 0 Å². The van der Waals surface area contributed by atoms with Gasteiger partial charge in [0, 0.05) is 21.7 Å². The fraction of sp³-hybridized carbons (Fsp3) is 0.600. The summed E-state index contributed by atoms with van der Waals surface area (Å²) in [5.41, 5.74) is 7.17. The largest absolute Gasteiger partial charge is 0.324 e. The minimum absolute atomic E-state index is 0.0620. The van der Waals surface area contributed by atoms with E-state index in [4.69, 9.17) is 28.9 Å². The summed E-state index contributed by atoms with van der Waals surface area (Å²) in [5, 5.41) is 1.36. The number of hydrogen-bond donors (Lipinski definition) is 1. The van der Waals surface area contributed by atoms with E-state index in [2.05, 4.69) is 13.8 Å². The third-order valence-corrected chi connectivity index (χ3v) is 4.16. The summed E-state index contributed by atoms with van der Waals surface area (Å²) in [6.07, 6.45) is 5.86. The number of unbranched alkanes of at least 4 members (excludes halogenated alkanes) is 1. The van der Waals surface area contributed by atoms with Crippen molar-refractivity contribution in [1.82, 2.24) is 0 Å². The van der Waals surface area contributed by atoms with Crippen LogP contribution in [0.5, 0.6) is 0 Å². The second-order valence-electron chi connectivity index (χ2n) is 4.89. The molecule has 102 valence electrons. The molecule has 0 aliphatic carbocycles. The maximum atomic E-state index is 6.28. The lowest BCUT2D eigenvalue weighted by atomic mass is 9.89. The number of nitrogens with two attached hydrogens (primary N) is 1. The van der Waals surface area contributed by atoms with Crippen molar-refractivity contribution in [1.29, 1.82) is 0 Å². The van der Waals surface area contributed by atoms with Crippen LogP contribution >= 0.6 is 23.2 Å². The number of rotatable bonds is 7. The molecule has 1 nitrogen and oxygen atoms in total. The van der Waals surface area contributed by atoms with Gasteiger partial charge in [-0.3, -0.25) is 0 Å². The standard InChI is InChI=1S/C15H23Cl2N/c1-3-5-7-11(4-2)10-14(18)15-12(16)8-6-9-13(15)17/h6,8-9,11,14H,3-5,7,10,18H2,1-2H3. The van der Waals surface area contributed by atoms with E-state index in [1.165, 1.54) is 19.3 Å². The van der Waals surface area contributed by atoms with Gasteiger partial charge >= 0.3 is 0 Å². The SMILES string of the molecule is CCCCC(CC)CC(N)c1c(Cl)cccc1Cl. The topological polar surface area (TPSA) is 26.0 Å². The van der Waals surface area contributed by atoms with Crippen LogP contribution in [0.1, 0.15) is 57.6 Å². The molecule has 0 amide bonds. The van der Waals surface area contributed by atoms with E-state index in [0.717, 1.165) is 18.4 Å². The Bertz CT molecular complexity index is 345. The predicted molar refractivity (Wildman–Crippen MR) is 81.3 cm³/mol. The molecule has 1 rings (SSSR count). The fourth-order valence-electron chi connectivity index (χ4n) is 2.32. The molecule has 0 fully saturated rings. The normalized spacial score (nSPS) is 14.5. The minimum atomic E-state index is -0.0620. The zero-order chi connectivity index (χ0) is 13.5. The van der Waals surface area contributed by atoms with Gasteiger partial charge in [0.1, 0.15) is 0 Å². The lowest BCUT2D eigenvalue weighted by molar-refractivity contribution is 0.388. The molecule has 2 unspecified atom stereocenters. The van der Waals surface area contributed by atoms with Crippen molar-refractivity contribution >= 4 is 23.2 Å². The fourth-order valence-corrected chi connectivity index (χ4v) is 3.00. The van der Waals surface area contributed by atoms with E-state index in [0.29, 0.717) is 16.0 Å². The first-order valence-corrected chi connectivity index (χ1v) is 7.55. The van der Waals surface area contributed by atoms with Crippen molar-refractivity contribution < 1.29 is 0 Å². The van der Waals surface area contributed by atoms with Gasteiger partial charge in [0.25, 0.3) is 0 Å². The second-order valence-corrected chi connectivity index (χ2v) is 5.71. The highest BCUT2D eigenvalue weighted by atomic mass is 35.5. The molecule has 0 spiro atoms. The van der Waals surface area contributed by atoms with Gasteiger partial charge in [-0.25, -0.2) is 0 Å². The van der Waals surface area contributed by atoms with Crippen LogP contribution in [0.15, 0.2) is 18.2 Å². The van der Waals surface area contributed by atoms with E-state index in [1.807, 2.05) is 18.2 Å². The predicted octanol–water partition coefficient (Wildman–Crippen LogP) is 5.60. The highest BCUT2D eigenvalue weighted by Crippen LogP contribution is 2.33. The highest BCUT2D eigenvalue weighted by molar-refractivity contribution is 6.36. The monoisotopic (exact) mass is 287 g/mol. The maximum absolute atomic E-state index is 6.28. The molecule has 2 N–H and O–H groups in total. The average Bonchev–Trinajstić information content (AvgIpc) is 2.34. The molecule has 1 aromatic carbocycles. The first-order chi connectivity index (χ1) is 8.60. The number of halogens is 2. The zero-order valence-corrected chi connectivity index (χ0v) is 12.8. The van der Waals surface area contributed by atoms with Crippen molar-refractivity contribution in [2.24, 2.45) is 11.7 Å². The highest BCUT2D eigenvalue weighted by Gasteiger charge is 2.18. The number of benzene rings is 1. The van der Waals surface area contributed by atoms with E-state index in [-0.39, 0.29) is 6.04 Å². The maximum Gasteiger partial charge on any atom is 0.0468 e. The lowest BCUT2D eigenvalue weighted by Crippen LogP contribution is -2.16. The van der Waals surface area contributed by atoms with Crippen LogP contribution in [0.2, 0.25) is 10.0 Å². The molecular formula is C15H23Cl2N. The molecule has 2 atom stereocenters. The van der Waals surface area contributed by atoms with Gasteiger partial charge in [0.05, 0.1) is 0 Å². The van der Waals surface area contributed by atoms with Gasteiger partial charge < -0.3 is 5.73 Å². The second kappa shape index (κ2) is 8.04. The van der Waals surface area contributed by atoms with Crippen LogP contribution in [0, 0.1) is 5.92 Å². The smallest absolute Gasteiger partial charge is 0.0468 e. The first kappa shape index (κ1) is 15.8. The molecule has 18 heavy (non-hydrogen) atoms. The molecule has 0 aliphatic rings. The molecular weight excluding hydrogens is 265 g/mol. The van der Waals surface area contributed by atoms with E-state index in [1.54, 1.807) is 0 Å². The van der Waals surface area contributed by atoms with Gasteiger partial charge in [0.2, 0.25) is 0 Å². The third kappa shape index (κ3) is 4.46. The quantitative estimate of drug-likeness (QED) is 0.694. The van der Waals surface area contributed by atoms with Crippen molar-refractivity contribution in [2.75, 3.05) is 0 Å². The average molecular weight is 288 g/mol. The molecule has 0 bridgehead atoms. The molecule has 3 heteroatoms. The summed E-state index contributed by atoms with van der Waals surface area (Å²) < 4.78 is 0. The molecule has 0 saturated heterocycles. The molecule has 0 aliphatic heterocycles. The van der Waals surface area contributed by atoms with Gasteiger partial charge in [-0.2, -0.15) is 0 Å². The van der Waals surface area contributed by atoms with E-state index >= 15 is 0 Å². The van der Waals surface area contributed by atoms with Crippen LogP contribution in [-0.2, 0) is 0 Å². The summed E-state index contributed by atoms with van der Waals surface area (Å²) in [7, 11) is 0. The zero-order valence-electron chi connectivity index (χ0n) is 11.3. The summed E-state index contributed by atoms with van der Waals surface area (Å²) in [5.74, 6) is 0.660. The summed E-state index contributed by atoms with van der Waals surface area (Å²) in [4.78, 5) is 0. The van der Waals surface area contributed by atoms with E-state index in [9.17, 15) is 0 Å². The molecule has 0 radical (unpaired) electrons. The van der Waals surface area contributed by atoms with Gasteiger partial charge in [-0.05, 0) is 24.5 Å². The Morgan fingerprint density at radius 1 is 1.17 bits per heavy atom. The lowest BCUT2D eigenvalue weighted by Gasteiger charge is -2.21. The summed E-state index contributed by atoms with van der Waals surface area (Å²) in [6, 6.07) is 5.51. The Kier molecular flexibility index (Phi) is 7.06. The minimum Gasteiger partial charge on any atom is -0.324 e. The Hall–Kier alpha value is -0.240. The molecule has 1 aromatic rings. The van der Waals surface area contributed by atoms with Crippen LogP contribution in [0.25, 0.3) is 0 Å². The molecule has 0 aromatic heterocycles. The Morgan fingerprint density at radius 3 is 2.28 bits per heavy atom. The Morgan fingerprint density at radius 2 is 1.78 bits per heavy atom. The summed E-state index contributed by atoms with van der Waals surface area (Å²) >= 11 is 12.4. The van der Waals surface area contributed by atoms with Crippen molar-refractivity contribution in [2.45, 2.75) is 52.0 Å². The van der Waals surface area contributed by atoms with Gasteiger partial charge in [0.15, 0.2) is 0 Å². The first-order valence-electron chi connectivity index (χ1n) is 6.79. The number of hydrogen-bond acceptors (Lipinski definition) is 1. The van der Waals surface area contributed by atoms with Crippen LogP contribution in [0.4, 0.5) is 0 Å². The van der Waals surface area contributed by atoms with Crippen LogP contribution < -0.4 is 5.73 Å². The Labute approximate surface area is 121 Å². The van der Waals surface area contributed by atoms with Crippen molar-refractivity contribution in [3.8, 4) is 0 Å². The van der Waals surface area contributed by atoms with Crippen LogP contribution in [-0.4, -0.2) is 0 Å². The summed E-state index contributed by atoms with van der Waals surface area (Å²) in [6.45, 7) is 4.44. The van der Waals surface area contributed by atoms with Gasteiger partial charge in [-0.1, -0.05) is 68.8 Å². The van der Waals surface area contributed by atoms with Crippen molar-refractivity contribution in [3.63, 3.8) is 0 Å². The molecule has 0 heterocycles. The third-order valence-electron chi connectivity index (χ3n) is 3.50. The Balaban J connectivity index is 2.71. The van der Waals surface area contributed by atoms with Crippen molar-refractivity contribution in [3.05, 3.63) is 33.8 Å².